The topological polar surface area (TPSA) is 85.8 Å². The van der Waals surface area contributed by atoms with Crippen LogP contribution in [0.4, 0.5) is 0 Å². The van der Waals surface area contributed by atoms with Crippen LogP contribution in [0.5, 0.6) is 0 Å². The van der Waals surface area contributed by atoms with Crippen molar-refractivity contribution in [2.75, 3.05) is 5.84 Å². The molecule has 6 nitrogen and oxygen atoms in total. The van der Waals surface area contributed by atoms with E-state index in [4.69, 9.17) is 5.84 Å². The summed E-state index contributed by atoms with van der Waals surface area (Å²) < 4.78 is 1.55. The quantitative estimate of drug-likeness (QED) is 0.636. The molecule has 2 fully saturated rings. The summed E-state index contributed by atoms with van der Waals surface area (Å²) in [6.45, 7) is 6.42. The summed E-state index contributed by atoms with van der Waals surface area (Å²) in [7, 11) is 0. The number of carbonyl (C=O) groups is 1. The Bertz CT molecular complexity index is 571. The number of hydrogen-bond donors (Lipinski definition) is 2. The number of nitrogens with one attached hydrogen (secondary N) is 1. The van der Waals surface area contributed by atoms with Crippen LogP contribution < -0.4 is 11.2 Å². The lowest BCUT2D eigenvalue weighted by Gasteiger charge is -2.35. The maximum atomic E-state index is 12.5. The molecule has 1 heterocycles. The van der Waals surface area contributed by atoms with Gasteiger partial charge in [-0.05, 0) is 38.0 Å². The van der Waals surface area contributed by atoms with Crippen molar-refractivity contribution in [3.05, 3.63) is 5.82 Å². The minimum atomic E-state index is -0.224. The number of amides is 1. The Morgan fingerprint density at radius 2 is 2.04 bits per heavy atom. The van der Waals surface area contributed by atoms with E-state index in [-0.39, 0.29) is 17.2 Å². The normalized spacial score (nSPS) is 29.3. The second-order valence-corrected chi connectivity index (χ2v) is 8.44. The zero-order valence-corrected chi connectivity index (χ0v) is 15.0. The molecule has 128 valence electrons. The fourth-order valence-corrected chi connectivity index (χ4v) is 4.07. The van der Waals surface area contributed by atoms with Crippen molar-refractivity contribution in [2.24, 2.45) is 11.8 Å². The molecule has 1 amide bonds. The number of nitrogens with zero attached hydrogens (tertiary/aromatic N) is 3. The number of nitrogen functional groups attached to an aromatic ring is 1. The van der Waals surface area contributed by atoms with E-state index in [1.54, 1.807) is 4.68 Å². The Morgan fingerprint density at radius 3 is 2.74 bits per heavy atom. The highest BCUT2D eigenvalue weighted by Gasteiger charge is 2.32. The van der Waals surface area contributed by atoms with Gasteiger partial charge in [0.05, 0.1) is 5.25 Å². The van der Waals surface area contributed by atoms with Gasteiger partial charge >= 0.3 is 0 Å². The highest BCUT2D eigenvalue weighted by atomic mass is 32.2. The lowest BCUT2D eigenvalue weighted by molar-refractivity contribution is -0.121. The summed E-state index contributed by atoms with van der Waals surface area (Å²) in [6, 6.07) is 0.284. The van der Waals surface area contributed by atoms with Gasteiger partial charge in [0.2, 0.25) is 11.1 Å². The van der Waals surface area contributed by atoms with Crippen LogP contribution in [0.1, 0.15) is 64.6 Å². The summed E-state index contributed by atoms with van der Waals surface area (Å²) >= 11 is 1.39. The maximum absolute atomic E-state index is 12.5. The second kappa shape index (κ2) is 6.71. The molecule has 0 aromatic carbocycles. The molecule has 0 spiro atoms. The van der Waals surface area contributed by atoms with Crippen molar-refractivity contribution in [3.63, 3.8) is 0 Å². The standard InChI is InChI=1S/C16H27N5OS/c1-9-5-4-6-13(10(9)2)18-15(22)11(3)23-16-20-19-14(21(16)17)12-7-8-12/h9-13H,4-8,17H2,1-3H3,(H,18,22)/t9-,10+,11+,13+/m0/s1. The summed E-state index contributed by atoms with van der Waals surface area (Å²) in [5.41, 5.74) is 0. The van der Waals surface area contributed by atoms with E-state index in [2.05, 4.69) is 29.4 Å². The first-order chi connectivity index (χ1) is 11.0. The first kappa shape index (κ1) is 16.6. The number of carbonyl (C=O) groups excluding carboxylic acids is 1. The van der Waals surface area contributed by atoms with E-state index in [1.807, 2.05) is 6.92 Å². The predicted octanol–water partition coefficient (Wildman–Crippen LogP) is 2.29. The molecule has 7 heteroatoms. The lowest BCUT2D eigenvalue weighted by Crippen LogP contribution is -2.46. The largest absolute Gasteiger partial charge is 0.352 e. The number of hydrogen-bond acceptors (Lipinski definition) is 5. The van der Waals surface area contributed by atoms with Crippen molar-refractivity contribution in [1.29, 1.82) is 0 Å². The van der Waals surface area contributed by atoms with Crippen molar-refractivity contribution < 1.29 is 4.79 Å². The van der Waals surface area contributed by atoms with Gasteiger partial charge in [-0.2, -0.15) is 0 Å². The Hall–Kier alpha value is -1.24. The van der Waals surface area contributed by atoms with E-state index >= 15 is 0 Å². The molecule has 1 aromatic rings. The molecule has 1 aromatic heterocycles. The van der Waals surface area contributed by atoms with Gasteiger partial charge in [-0.15, -0.1) is 10.2 Å². The molecule has 0 bridgehead atoms. The van der Waals surface area contributed by atoms with Gasteiger partial charge in [0.25, 0.3) is 0 Å². The van der Waals surface area contributed by atoms with Crippen molar-refractivity contribution >= 4 is 17.7 Å². The second-order valence-electron chi connectivity index (χ2n) is 7.13. The molecule has 0 unspecified atom stereocenters. The predicted molar refractivity (Wildman–Crippen MR) is 91.6 cm³/mol. The van der Waals surface area contributed by atoms with Gasteiger partial charge in [-0.25, -0.2) is 4.68 Å². The van der Waals surface area contributed by atoms with Gasteiger partial charge in [0.15, 0.2) is 5.82 Å². The van der Waals surface area contributed by atoms with Gasteiger partial charge in [0.1, 0.15) is 0 Å². The highest BCUT2D eigenvalue weighted by Crippen LogP contribution is 2.39. The third kappa shape index (κ3) is 3.65. The molecule has 23 heavy (non-hydrogen) atoms. The lowest BCUT2D eigenvalue weighted by atomic mass is 9.78. The monoisotopic (exact) mass is 337 g/mol. The molecule has 0 radical (unpaired) electrons. The Kier molecular flexibility index (Phi) is 4.85. The minimum absolute atomic E-state index is 0.0666. The van der Waals surface area contributed by atoms with Crippen LogP contribution in [0, 0.1) is 11.8 Å². The number of rotatable bonds is 5. The van der Waals surface area contributed by atoms with Crippen LogP contribution in [0.3, 0.4) is 0 Å². The first-order valence-electron chi connectivity index (χ1n) is 8.64. The van der Waals surface area contributed by atoms with Gasteiger partial charge < -0.3 is 11.2 Å². The molecular weight excluding hydrogens is 310 g/mol. The van der Waals surface area contributed by atoms with Crippen LogP contribution in [0.2, 0.25) is 0 Å². The molecule has 3 N–H and O–H groups in total. The fourth-order valence-electron chi connectivity index (χ4n) is 3.29. The molecule has 3 rings (SSSR count). The van der Waals surface area contributed by atoms with E-state index in [0.717, 1.165) is 25.1 Å². The van der Waals surface area contributed by atoms with E-state index < -0.39 is 0 Å². The first-order valence-corrected chi connectivity index (χ1v) is 9.52. The average Bonchev–Trinajstić information content (AvgIpc) is 3.30. The Morgan fingerprint density at radius 1 is 1.30 bits per heavy atom. The van der Waals surface area contributed by atoms with Crippen LogP contribution in [-0.2, 0) is 4.79 Å². The summed E-state index contributed by atoms with van der Waals surface area (Å²) in [5, 5.41) is 11.9. The number of nitrogens with two attached hydrogens (primary N) is 1. The number of thioether (sulfide) groups is 1. The Labute approximate surface area is 142 Å². The van der Waals surface area contributed by atoms with Crippen molar-refractivity contribution in [3.8, 4) is 0 Å². The average molecular weight is 337 g/mol. The number of aromatic nitrogens is 3. The maximum Gasteiger partial charge on any atom is 0.233 e. The highest BCUT2D eigenvalue weighted by molar-refractivity contribution is 8.00. The van der Waals surface area contributed by atoms with Gasteiger partial charge in [-0.1, -0.05) is 38.5 Å². The molecular formula is C16H27N5OS. The van der Waals surface area contributed by atoms with E-state index in [9.17, 15) is 4.79 Å². The Balaban J connectivity index is 1.57. The molecule has 2 saturated carbocycles. The van der Waals surface area contributed by atoms with Gasteiger partial charge in [-0.3, -0.25) is 4.79 Å². The zero-order chi connectivity index (χ0) is 16.6. The van der Waals surface area contributed by atoms with Gasteiger partial charge in [0, 0.05) is 12.0 Å². The third-order valence-corrected chi connectivity index (χ3v) is 6.38. The van der Waals surface area contributed by atoms with Crippen LogP contribution >= 0.6 is 11.8 Å². The zero-order valence-electron chi connectivity index (χ0n) is 14.2. The molecule has 0 saturated heterocycles. The van der Waals surface area contributed by atoms with E-state index in [1.165, 1.54) is 24.6 Å². The molecule has 2 aliphatic carbocycles. The molecule has 0 aliphatic heterocycles. The third-order valence-electron chi connectivity index (χ3n) is 5.32. The molecule has 2 aliphatic rings. The summed E-state index contributed by atoms with van der Waals surface area (Å²) in [5.74, 6) is 8.62. The van der Waals surface area contributed by atoms with Crippen LogP contribution in [-0.4, -0.2) is 32.1 Å². The summed E-state index contributed by atoms with van der Waals surface area (Å²) in [4.78, 5) is 12.5. The molecule has 4 atom stereocenters. The SMILES string of the molecule is C[C@@H]1[C@@H](C)CCC[C@H]1NC(=O)[C@@H](C)Sc1nnc(C2CC2)n1N. The van der Waals surface area contributed by atoms with E-state index in [0.29, 0.717) is 22.9 Å². The van der Waals surface area contributed by atoms with Crippen molar-refractivity contribution in [1.82, 2.24) is 20.2 Å². The van der Waals surface area contributed by atoms with Crippen LogP contribution in [0.25, 0.3) is 0 Å². The smallest absolute Gasteiger partial charge is 0.233 e. The minimum Gasteiger partial charge on any atom is -0.352 e. The fraction of sp³-hybridized carbons (Fsp3) is 0.812. The van der Waals surface area contributed by atoms with Crippen LogP contribution in [0.15, 0.2) is 5.16 Å². The van der Waals surface area contributed by atoms with Crippen molar-refractivity contribution in [2.45, 2.75) is 75.2 Å². The summed E-state index contributed by atoms with van der Waals surface area (Å²) in [6.07, 6.45) is 5.80.